The van der Waals surface area contributed by atoms with Crippen molar-refractivity contribution in [3.63, 3.8) is 0 Å². The number of rotatable bonds is 3. The molecule has 0 aliphatic heterocycles. The maximum atomic E-state index is 11.2. The van der Waals surface area contributed by atoms with Crippen LogP contribution < -0.4 is 0 Å². The molecular weight excluding hydrogens is 172 g/mol. The van der Waals surface area contributed by atoms with Crippen LogP contribution in [0.25, 0.3) is 0 Å². The number of hydrogen-bond acceptors (Lipinski definition) is 1. The summed E-state index contributed by atoms with van der Waals surface area (Å²) in [6, 6.07) is 8.23. The van der Waals surface area contributed by atoms with Gasteiger partial charge in [0.2, 0.25) is 0 Å². The number of carbonyl (C=O) groups excluding carboxylic acids is 1. The fourth-order valence-electron chi connectivity index (χ4n) is 2.36. The van der Waals surface area contributed by atoms with Crippen LogP contribution in [0.5, 0.6) is 0 Å². The van der Waals surface area contributed by atoms with E-state index in [1.807, 2.05) is 18.2 Å². The summed E-state index contributed by atoms with van der Waals surface area (Å²) in [5.74, 6) is 0. The number of carbonyl (C=O) groups is 1. The molecule has 0 spiro atoms. The highest BCUT2D eigenvalue weighted by atomic mass is 16.1. The lowest BCUT2D eigenvalue weighted by molar-refractivity contribution is -0.112. The Morgan fingerprint density at radius 1 is 1.43 bits per heavy atom. The van der Waals surface area contributed by atoms with Crippen LogP contribution in [0.2, 0.25) is 0 Å². The Labute approximate surface area is 84.5 Å². The molecule has 1 atom stereocenters. The summed E-state index contributed by atoms with van der Waals surface area (Å²) in [6.07, 6.45) is 5.65. The van der Waals surface area contributed by atoms with Crippen molar-refractivity contribution in [2.24, 2.45) is 0 Å². The van der Waals surface area contributed by atoms with Gasteiger partial charge >= 0.3 is 0 Å². The molecule has 14 heavy (non-hydrogen) atoms. The molecular formula is C13H14O. The lowest BCUT2D eigenvalue weighted by atomic mass is 9.80. The normalized spacial score (nSPS) is 24.3. The van der Waals surface area contributed by atoms with Crippen molar-refractivity contribution < 1.29 is 4.79 Å². The van der Waals surface area contributed by atoms with Gasteiger partial charge in [0.05, 0.1) is 5.41 Å². The first-order valence-corrected chi connectivity index (χ1v) is 4.98. The van der Waals surface area contributed by atoms with Gasteiger partial charge in [-0.3, -0.25) is 0 Å². The third-order valence-corrected chi connectivity index (χ3v) is 3.13. The van der Waals surface area contributed by atoms with Crippen LogP contribution in [-0.4, -0.2) is 6.29 Å². The first-order valence-electron chi connectivity index (χ1n) is 4.98. The molecule has 2 rings (SSSR count). The maximum absolute atomic E-state index is 11.2. The lowest BCUT2D eigenvalue weighted by Gasteiger charge is -2.21. The number of aldehydes is 1. The number of fused-ring (bicyclic) bond motifs is 1. The lowest BCUT2D eigenvalue weighted by Crippen LogP contribution is -2.23. The van der Waals surface area contributed by atoms with E-state index in [2.05, 4.69) is 18.7 Å². The Bertz CT molecular complexity index is 367. The topological polar surface area (TPSA) is 17.1 Å². The number of allylic oxidation sites excluding steroid dienone is 1. The van der Waals surface area contributed by atoms with E-state index in [0.717, 1.165) is 25.5 Å². The van der Waals surface area contributed by atoms with Crippen LogP contribution in [-0.2, 0) is 16.6 Å². The highest BCUT2D eigenvalue weighted by Gasteiger charge is 2.36. The van der Waals surface area contributed by atoms with E-state index < -0.39 is 0 Å². The van der Waals surface area contributed by atoms with Gasteiger partial charge in [-0.1, -0.05) is 30.3 Å². The highest BCUT2D eigenvalue weighted by molar-refractivity contribution is 5.72. The molecule has 0 radical (unpaired) electrons. The Balaban J connectivity index is 2.49. The van der Waals surface area contributed by atoms with Crippen molar-refractivity contribution >= 4 is 6.29 Å². The minimum Gasteiger partial charge on any atom is -0.302 e. The molecule has 1 aliphatic carbocycles. The van der Waals surface area contributed by atoms with Gasteiger partial charge in [0.25, 0.3) is 0 Å². The quantitative estimate of drug-likeness (QED) is 0.524. The Kier molecular flexibility index (Phi) is 2.24. The first-order chi connectivity index (χ1) is 6.82. The van der Waals surface area contributed by atoms with Crippen molar-refractivity contribution in [1.29, 1.82) is 0 Å². The zero-order chi connectivity index (χ0) is 10.0. The third kappa shape index (κ3) is 1.20. The predicted molar refractivity (Wildman–Crippen MR) is 57.3 cm³/mol. The van der Waals surface area contributed by atoms with Crippen LogP contribution >= 0.6 is 0 Å². The van der Waals surface area contributed by atoms with Crippen LogP contribution in [0.4, 0.5) is 0 Å². The van der Waals surface area contributed by atoms with Gasteiger partial charge in [0, 0.05) is 0 Å². The monoisotopic (exact) mass is 186 g/mol. The van der Waals surface area contributed by atoms with E-state index in [1.54, 1.807) is 0 Å². The summed E-state index contributed by atoms with van der Waals surface area (Å²) in [5.41, 5.74) is 2.24. The van der Waals surface area contributed by atoms with Gasteiger partial charge in [-0.2, -0.15) is 0 Å². The van der Waals surface area contributed by atoms with E-state index in [4.69, 9.17) is 0 Å². The molecule has 1 aromatic rings. The molecule has 0 N–H and O–H groups in total. The molecule has 72 valence electrons. The van der Waals surface area contributed by atoms with Crippen molar-refractivity contribution in [3.8, 4) is 0 Å². The van der Waals surface area contributed by atoms with Gasteiger partial charge in [-0.25, -0.2) is 0 Å². The average Bonchev–Trinajstić information content (AvgIpc) is 2.59. The second-order valence-electron chi connectivity index (χ2n) is 3.92. The van der Waals surface area contributed by atoms with Gasteiger partial charge < -0.3 is 4.79 Å². The van der Waals surface area contributed by atoms with Crippen molar-refractivity contribution in [3.05, 3.63) is 48.0 Å². The Morgan fingerprint density at radius 3 is 2.93 bits per heavy atom. The van der Waals surface area contributed by atoms with Crippen molar-refractivity contribution in [2.45, 2.75) is 24.7 Å². The molecule has 0 unspecified atom stereocenters. The minimum atomic E-state index is -0.279. The number of benzene rings is 1. The zero-order valence-electron chi connectivity index (χ0n) is 8.20. The minimum absolute atomic E-state index is 0.279. The van der Waals surface area contributed by atoms with Gasteiger partial charge in [-0.05, 0) is 30.4 Å². The number of hydrogen-bond donors (Lipinski definition) is 0. The van der Waals surface area contributed by atoms with Crippen LogP contribution in [0.3, 0.4) is 0 Å². The third-order valence-electron chi connectivity index (χ3n) is 3.13. The summed E-state index contributed by atoms with van der Waals surface area (Å²) in [4.78, 5) is 11.2. The first kappa shape index (κ1) is 9.20. The molecule has 0 saturated heterocycles. The average molecular weight is 186 g/mol. The van der Waals surface area contributed by atoms with E-state index in [1.165, 1.54) is 11.1 Å². The fraction of sp³-hybridized carbons (Fsp3) is 0.308. The van der Waals surface area contributed by atoms with E-state index >= 15 is 0 Å². The summed E-state index contributed by atoms with van der Waals surface area (Å²) in [6.45, 7) is 3.73. The van der Waals surface area contributed by atoms with E-state index in [0.29, 0.717) is 0 Å². The molecule has 1 aliphatic rings. The van der Waals surface area contributed by atoms with Crippen LogP contribution in [0.1, 0.15) is 24.0 Å². The van der Waals surface area contributed by atoms with E-state index in [9.17, 15) is 4.79 Å². The molecule has 0 saturated carbocycles. The van der Waals surface area contributed by atoms with Crippen LogP contribution in [0.15, 0.2) is 36.9 Å². The number of aryl methyl sites for hydroxylation is 1. The summed E-state index contributed by atoms with van der Waals surface area (Å²) in [5, 5.41) is 0. The fourth-order valence-corrected chi connectivity index (χ4v) is 2.36. The molecule has 1 heteroatoms. The maximum Gasteiger partial charge on any atom is 0.130 e. The zero-order valence-corrected chi connectivity index (χ0v) is 8.20. The summed E-state index contributed by atoms with van der Waals surface area (Å²) >= 11 is 0. The van der Waals surface area contributed by atoms with Crippen LogP contribution in [0, 0.1) is 0 Å². The smallest absolute Gasteiger partial charge is 0.130 e. The van der Waals surface area contributed by atoms with Crippen molar-refractivity contribution in [2.75, 3.05) is 0 Å². The molecule has 0 bridgehead atoms. The molecule has 1 aromatic carbocycles. The molecule has 1 nitrogen and oxygen atoms in total. The molecule has 0 amide bonds. The standard InChI is InChI=1S/C13H14O/c1-2-8-13(10-14)9-7-11-5-3-4-6-12(11)13/h2-6,10H,1,7-9H2/t13-/m1/s1. The second kappa shape index (κ2) is 3.41. The summed E-state index contributed by atoms with van der Waals surface area (Å²) in [7, 11) is 0. The molecule has 0 fully saturated rings. The largest absolute Gasteiger partial charge is 0.302 e. The SMILES string of the molecule is C=CC[C@]1(C=O)CCc2ccccc21. The molecule has 0 heterocycles. The van der Waals surface area contributed by atoms with Gasteiger partial charge in [-0.15, -0.1) is 6.58 Å². The van der Waals surface area contributed by atoms with E-state index in [-0.39, 0.29) is 5.41 Å². The van der Waals surface area contributed by atoms with Crippen molar-refractivity contribution in [1.82, 2.24) is 0 Å². The second-order valence-corrected chi connectivity index (χ2v) is 3.92. The molecule has 0 aromatic heterocycles. The van der Waals surface area contributed by atoms with Gasteiger partial charge in [0.15, 0.2) is 0 Å². The van der Waals surface area contributed by atoms with Gasteiger partial charge in [0.1, 0.15) is 6.29 Å². The highest BCUT2D eigenvalue weighted by Crippen LogP contribution is 2.39. The summed E-state index contributed by atoms with van der Waals surface area (Å²) < 4.78 is 0. The Morgan fingerprint density at radius 2 is 2.21 bits per heavy atom. The predicted octanol–water partition coefficient (Wildman–Crippen LogP) is 2.65. The Hall–Kier alpha value is -1.37.